The molecule has 2 rings (SSSR count). The van der Waals surface area contributed by atoms with Crippen molar-refractivity contribution in [2.45, 2.75) is 32.7 Å². The Labute approximate surface area is 155 Å². The molecule has 10 heteroatoms. The highest BCUT2D eigenvalue weighted by molar-refractivity contribution is 6.01. The lowest BCUT2D eigenvalue weighted by Gasteiger charge is -2.28. The lowest BCUT2D eigenvalue weighted by molar-refractivity contribution is -0.384. The second-order valence-corrected chi connectivity index (χ2v) is 6.62. The molecule has 1 aliphatic heterocycles. The van der Waals surface area contributed by atoms with Gasteiger partial charge < -0.3 is 14.8 Å². The molecule has 2 amide bonds. The first-order valence-electron chi connectivity index (χ1n) is 8.31. The van der Waals surface area contributed by atoms with Crippen molar-refractivity contribution < 1.29 is 28.8 Å². The molecule has 0 aliphatic carbocycles. The fourth-order valence-corrected chi connectivity index (χ4v) is 2.30. The van der Waals surface area contributed by atoms with Gasteiger partial charge in [-0.25, -0.2) is 0 Å². The van der Waals surface area contributed by atoms with E-state index in [1.807, 2.05) is 20.8 Å². The van der Waals surface area contributed by atoms with E-state index in [0.717, 1.165) is 11.0 Å². The summed E-state index contributed by atoms with van der Waals surface area (Å²) in [4.78, 5) is 47.3. The number of carbonyl (C=O) groups excluding carboxylic acids is 3. The normalized spacial score (nSPS) is 13.4. The number of fused-ring (bicyclic) bond motifs is 1. The third kappa shape index (κ3) is 5.16. The van der Waals surface area contributed by atoms with E-state index >= 15 is 0 Å². The summed E-state index contributed by atoms with van der Waals surface area (Å²) in [6, 6.07) is 3.75. The van der Waals surface area contributed by atoms with Gasteiger partial charge in [0.25, 0.3) is 17.5 Å². The number of nitro groups is 1. The number of nitro benzene ring substituents is 1. The number of amides is 2. The maximum absolute atomic E-state index is 12.1. The van der Waals surface area contributed by atoms with Gasteiger partial charge in [0.15, 0.2) is 13.2 Å². The van der Waals surface area contributed by atoms with Crippen molar-refractivity contribution in [1.29, 1.82) is 0 Å². The maximum Gasteiger partial charge on any atom is 0.326 e. The third-order valence-corrected chi connectivity index (χ3v) is 4.11. The average Bonchev–Trinajstić information content (AvgIpc) is 2.61. The second-order valence-electron chi connectivity index (χ2n) is 6.62. The Kier molecular flexibility index (Phi) is 5.98. The van der Waals surface area contributed by atoms with Crippen LogP contribution in [0.15, 0.2) is 18.2 Å². The molecule has 0 radical (unpaired) electrons. The van der Waals surface area contributed by atoms with E-state index in [4.69, 9.17) is 9.47 Å². The van der Waals surface area contributed by atoms with Gasteiger partial charge in [-0.15, -0.1) is 0 Å². The van der Waals surface area contributed by atoms with Crippen molar-refractivity contribution in [3.63, 3.8) is 0 Å². The molecule has 1 aromatic carbocycles. The van der Waals surface area contributed by atoms with Crippen LogP contribution in [-0.4, -0.2) is 48.0 Å². The smallest absolute Gasteiger partial charge is 0.326 e. The Morgan fingerprint density at radius 1 is 1.41 bits per heavy atom. The van der Waals surface area contributed by atoms with Gasteiger partial charge in [0, 0.05) is 17.7 Å². The number of rotatable bonds is 7. The van der Waals surface area contributed by atoms with Crippen LogP contribution < -0.4 is 15.0 Å². The summed E-state index contributed by atoms with van der Waals surface area (Å²) in [5, 5.41) is 13.7. The molecule has 0 fully saturated rings. The van der Waals surface area contributed by atoms with Gasteiger partial charge in [-0.2, -0.15) is 0 Å². The average molecular weight is 379 g/mol. The first-order chi connectivity index (χ1) is 12.6. The number of nitrogens with one attached hydrogen (secondary N) is 1. The Balaban J connectivity index is 2.03. The fraction of sp³-hybridized carbons (Fsp3) is 0.471. The third-order valence-electron chi connectivity index (χ3n) is 4.11. The van der Waals surface area contributed by atoms with Gasteiger partial charge >= 0.3 is 5.97 Å². The molecule has 1 N–H and O–H groups in total. The van der Waals surface area contributed by atoms with Crippen molar-refractivity contribution in [1.82, 2.24) is 5.32 Å². The van der Waals surface area contributed by atoms with Crippen LogP contribution in [0.3, 0.4) is 0 Å². The van der Waals surface area contributed by atoms with E-state index in [9.17, 15) is 24.5 Å². The quantitative estimate of drug-likeness (QED) is 0.428. The monoisotopic (exact) mass is 379 g/mol. The molecular weight excluding hydrogens is 358 g/mol. The second kappa shape index (κ2) is 8.02. The van der Waals surface area contributed by atoms with Gasteiger partial charge in [0.05, 0.1) is 10.6 Å². The highest BCUT2D eigenvalue weighted by atomic mass is 16.6. The Morgan fingerprint density at radius 3 is 2.74 bits per heavy atom. The number of nitrogens with zero attached hydrogens (tertiary/aromatic N) is 2. The first-order valence-corrected chi connectivity index (χ1v) is 8.31. The minimum Gasteiger partial charge on any atom is -0.482 e. The molecule has 27 heavy (non-hydrogen) atoms. The van der Waals surface area contributed by atoms with Crippen LogP contribution in [0.4, 0.5) is 11.4 Å². The van der Waals surface area contributed by atoms with E-state index in [-0.39, 0.29) is 23.7 Å². The number of non-ortho nitro benzene ring substituents is 1. The van der Waals surface area contributed by atoms with Crippen LogP contribution in [0, 0.1) is 10.1 Å². The van der Waals surface area contributed by atoms with Gasteiger partial charge in [0.1, 0.15) is 12.3 Å². The van der Waals surface area contributed by atoms with E-state index in [0.29, 0.717) is 6.42 Å². The molecular formula is C17H21N3O7. The topological polar surface area (TPSA) is 128 Å². The maximum atomic E-state index is 12.1. The van der Waals surface area contributed by atoms with Crippen LogP contribution in [0.1, 0.15) is 27.2 Å². The Morgan fingerprint density at radius 2 is 2.11 bits per heavy atom. The molecule has 0 aromatic heterocycles. The predicted octanol–water partition coefficient (Wildman–Crippen LogP) is 1.17. The highest BCUT2D eigenvalue weighted by Gasteiger charge is 2.30. The lowest BCUT2D eigenvalue weighted by Crippen LogP contribution is -2.46. The Hall–Kier alpha value is -3.17. The van der Waals surface area contributed by atoms with Crippen molar-refractivity contribution >= 4 is 29.2 Å². The number of hydrogen-bond acceptors (Lipinski definition) is 7. The molecule has 0 unspecified atom stereocenters. The lowest BCUT2D eigenvalue weighted by atomic mass is 10.0. The molecule has 10 nitrogen and oxygen atoms in total. The zero-order valence-electron chi connectivity index (χ0n) is 15.3. The first kappa shape index (κ1) is 20.1. The molecule has 0 atom stereocenters. The van der Waals surface area contributed by atoms with Crippen molar-refractivity contribution in [3.05, 3.63) is 28.3 Å². The summed E-state index contributed by atoms with van der Waals surface area (Å²) in [7, 11) is 0. The molecule has 0 saturated heterocycles. The van der Waals surface area contributed by atoms with Crippen molar-refractivity contribution in [2.75, 3.05) is 24.7 Å². The van der Waals surface area contributed by atoms with Crippen LogP contribution in [0.25, 0.3) is 0 Å². The number of esters is 1. The standard InChI is InChI=1S/C17H21N3O7/c1-4-17(2,3)18-14(21)9-27-16(23)8-19-12-7-11(20(24)25)5-6-13(12)26-10-15(19)22/h5-7H,4,8-10H2,1-3H3,(H,18,21). The van der Waals surface area contributed by atoms with E-state index < -0.39 is 41.4 Å². The molecule has 1 aliphatic rings. The van der Waals surface area contributed by atoms with E-state index in [2.05, 4.69) is 5.32 Å². The number of hydrogen-bond donors (Lipinski definition) is 1. The predicted molar refractivity (Wildman–Crippen MR) is 94.4 cm³/mol. The van der Waals surface area contributed by atoms with Gasteiger partial charge in [-0.3, -0.25) is 29.4 Å². The zero-order valence-corrected chi connectivity index (χ0v) is 15.3. The molecule has 1 aromatic rings. The summed E-state index contributed by atoms with van der Waals surface area (Å²) in [5.41, 5.74) is -0.567. The SMILES string of the molecule is CCC(C)(C)NC(=O)COC(=O)CN1C(=O)COc2ccc([N+](=O)[O-])cc21. The zero-order chi connectivity index (χ0) is 20.2. The van der Waals surface area contributed by atoms with Gasteiger partial charge in [0.2, 0.25) is 0 Å². The van der Waals surface area contributed by atoms with Crippen LogP contribution >= 0.6 is 0 Å². The van der Waals surface area contributed by atoms with Gasteiger partial charge in [-0.1, -0.05) is 6.92 Å². The number of carbonyl (C=O) groups is 3. The van der Waals surface area contributed by atoms with Crippen molar-refractivity contribution in [3.8, 4) is 5.75 Å². The van der Waals surface area contributed by atoms with Crippen LogP contribution in [0.2, 0.25) is 0 Å². The number of benzene rings is 1. The van der Waals surface area contributed by atoms with Gasteiger partial charge in [-0.05, 0) is 26.3 Å². The van der Waals surface area contributed by atoms with E-state index in [1.54, 1.807) is 0 Å². The largest absolute Gasteiger partial charge is 0.482 e. The van der Waals surface area contributed by atoms with Crippen molar-refractivity contribution in [2.24, 2.45) is 0 Å². The Bertz CT molecular complexity index is 776. The molecule has 0 saturated carbocycles. The summed E-state index contributed by atoms with van der Waals surface area (Å²) in [5.74, 6) is -1.57. The summed E-state index contributed by atoms with van der Waals surface area (Å²) < 4.78 is 10.1. The minimum absolute atomic E-state index is 0.106. The van der Waals surface area contributed by atoms with Crippen LogP contribution in [-0.2, 0) is 19.1 Å². The highest BCUT2D eigenvalue weighted by Crippen LogP contribution is 2.35. The number of anilines is 1. The summed E-state index contributed by atoms with van der Waals surface area (Å²) in [6.45, 7) is 4.31. The summed E-state index contributed by atoms with van der Waals surface area (Å²) >= 11 is 0. The molecule has 0 spiro atoms. The summed E-state index contributed by atoms with van der Waals surface area (Å²) in [6.07, 6.45) is 0.699. The minimum atomic E-state index is -0.813. The number of ether oxygens (including phenoxy) is 2. The fourth-order valence-electron chi connectivity index (χ4n) is 2.30. The molecule has 0 bridgehead atoms. The van der Waals surface area contributed by atoms with E-state index in [1.165, 1.54) is 12.1 Å². The molecule has 1 heterocycles. The van der Waals surface area contributed by atoms with Crippen LogP contribution in [0.5, 0.6) is 5.75 Å². The molecule has 146 valence electrons.